The summed E-state index contributed by atoms with van der Waals surface area (Å²) >= 11 is 1.55. The highest BCUT2D eigenvalue weighted by Crippen LogP contribution is 2.38. The van der Waals surface area contributed by atoms with E-state index in [0.29, 0.717) is 28.7 Å². The smallest absolute Gasteiger partial charge is 0.228 e. The van der Waals surface area contributed by atoms with Crippen LogP contribution < -0.4 is 5.32 Å². The van der Waals surface area contributed by atoms with E-state index in [4.69, 9.17) is 0 Å². The minimum atomic E-state index is -1.23. The van der Waals surface area contributed by atoms with Crippen molar-refractivity contribution in [2.45, 2.75) is 69.5 Å². The van der Waals surface area contributed by atoms with E-state index in [0.717, 1.165) is 37.1 Å². The fourth-order valence-corrected chi connectivity index (χ4v) is 5.11. The van der Waals surface area contributed by atoms with Crippen molar-refractivity contribution in [1.29, 1.82) is 0 Å². The molecular formula is C24H34N8O3S. The number of nitrogens with zero attached hydrogens (tertiary/aromatic N) is 7. The maximum Gasteiger partial charge on any atom is 0.228 e. The van der Waals surface area contributed by atoms with Crippen LogP contribution in [0.3, 0.4) is 0 Å². The Morgan fingerprint density at radius 1 is 1.25 bits per heavy atom. The van der Waals surface area contributed by atoms with Crippen LogP contribution in [0.25, 0.3) is 11.2 Å². The van der Waals surface area contributed by atoms with Crippen molar-refractivity contribution in [3.63, 3.8) is 0 Å². The van der Waals surface area contributed by atoms with Crippen LogP contribution in [-0.4, -0.2) is 82.5 Å². The van der Waals surface area contributed by atoms with Crippen molar-refractivity contribution in [1.82, 2.24) is 34.8 Å². The molecule has 4 atom stereocenters. The summed E-state index contributed by atoms with van der Waals surface area (Å²) in [5.74, 6) is 0.457. The van der Waals surface area contributed by atoms with Crippen LogP contribution >= 0.6 is 11.8 Å². The summed E-state index contributed by atoms with van der Waals surface area (Å²) in [6.45, 7) is 5.32. The Bertz CT molecular complexity index is 1160. The minimum Gasteiger partial charge on any atom is -0.390 e. The maximum atomic E-state index is 13.2. The molecule has 1 saturated carbocycles. The maximum absolute atomic E-state index is 13.2. The van der Waals surface area contributed by atoms with Gasteiger partial charge in [-0.2, -0.15) is 0 Å². The first-order valence-corrected chi connectivity index (χ1v) is 13.4. The molecule has 12 heteroatoms. The van der Waals surface area contributed by atoms with Gasteiger partial charge in [-0.25, -0.2) is 14.6 Å². The third-order valence-corrected chi connectivity index (χ3v) is 7.42. The van der Waals surface area contributed by atoms with Crippen LogP contribution in [0.2, 0.25) is 0 Å². The molecule has 0 bridgehead atoms. The number of rotatable bonds is 11. The Morgan fingerprint density at radius 3 is 2.81 bits per heavy atom. The van der Waals surface area contributed by atoms with E-state index < -0.39 is 24.2 Å². The van der Waals surface area contributed by atoms with Crippen molar-refractivity contribution in [2.75, 3.05) is 24.7 Å². The number of thioether (sulfide) groups is 1. The Kier molecular flexibility index (Phi) is 8.70. The number of aliphatic hydroxyl groups excluding tert-OH is 2. The van der Waals surface area contributed by atoms with Gasteiger partial charge in [0.25, 0.3) is 0 Å². The fraction of sp³-hybridized carbons (Fsp3) is 0.583. The molecule has 3 N–H and O–H groups in total. The molecule has 1 amide bonds. The van der Waals surface area contributed by atoms with Gasteiger partial charge in [0.05, 0.1) is 18.1 Å². The second-order valence-electron chi connectivity index (χ2n) is 9.14. The normalized spacial score (nSPS) is 21.7. The summed E-state index contributed by atoms with van der Waals surface area (Å²) in [4.78, 5) is 28.2. The van der Waals surface area contributed by atoms with Crippen LogP contribution in [-0.2, 0) is 11.3 Å². The van der Waals surface area contributed by atoms with Crippen molar-refractivity contribution >= 4 is 34.7 Å². The summed E-state index contributed by atoms with van der Waals surface area (Å²) < 4.78 is 1.54. The zero-order valence-electron chi connectivity index (χ0n) is 20.9. The van der Waals surface area contributed by atoms with Gasteiger partial charge in [-0.3, -0.25) is 9.78 Å². The number of fused-ring (bicyclic) bond motifs is 1. The van der Waals surface area contributed by atoms with E-state index in [2.05, 4.69) is 44.4 Å². The first-order valence-electron chi connectivity index (χ1n) is 12.4. The average Bonchev–Trinajstić information content (AvgIpc) is 3.43. The summed E-state index contributed by atoms with van der Waals surface area (Å²) in [6.07, 6.45) is 4.20. The van der Waals surface area contributed by atoms with Gasteiger partial charge in [-0.05, 0) is 30.9 Å². The van der Waals surface area contributed by atoms with Crippen molar-refractivity contribution in [3.05, 3.63) is 30.1 Å². The van der Waals surface area contributed by atoms with E-state index in [1.54, 1.807) is 40.8 Å². The molecule has 0 radical (unpaired) electrons. The highest BCUT2D eigenvalue weighted by molar-refractivity contribution is 7.99. The molecule has 4 unspecified atom stereocenters. The lowest BCUT2D eigenvalue weighted by atomic mass is 10.0. The summed E-state index contributed by atoms with van der Waals surface area (Å²) in [5.41, 5.74) is 1.88. The van der Waals surface area contributed by atoms with Gasteiger partial charge in [-0.1, -0.05) is 43.3 Å². The molecule has 0 aliphatic heterocycles. The number of carbonyl (C=O) groups is 1. The molecule has 0 saturated heterocycles. The predicted molar refractivity (Wildman–Crippen MR) is 137 cm³/mol. The number of pyridine rings is 1. The average molecular weight is 515 g/mol. The summed E-state index contributed by atoms with van der Waals surface area (Å²) in [7, 11) is 1.69. The Morgan fingerprint density at radius 2 is 2.08 bits per heavy atom. The van der Waals surface area contributed by atoms with Gasteiger partial charge in [0.2, 0.25) is 5.91 Å². The lowest BCUT2D eigenvalue weighted by Crippen LogP contribution is -2.39. The molecule has 36 heavy (non-hydrogen) atoms. The SMILES string of the molecule is CCCCNc1nc(SCCC)nc2c1nnn2C1CC(C(=O)N(C)Cc2cccnc2)C(O)C1O. The van der Waals surface area contributed by atoms with Gasteiger partial charge in [0.1, 0.15) is 6.10 Å². The van der Waals surface area contributed by atoms with Gasteiger partial charge >= 0.3 is 0 Å². The molecular weight excluding hydrogens is 480 g/mol. The summed E-state index contributed by atoms with van der Waals surface area (Å²) in [6, 6.07) is 3.06. The zero-order valence-corrected chi connectivity index (χ0v) is 21.7. The standard InChI is InChI=1S/C24H34N8O3S/c1-4-6-10-26-21-18-22(28-24(27-21)36-11-5-2)32(30-29-18)17-12-16(19(33)20(17)34)23(35)31(3)14-15-8-7-9-25-13-15/h7-9,13,16-17,19-20,33-34H,4-6,10-12,14H2,1-3H3,(H,26,27,28). The molecule has 1 aliphatic carbocycles. The van der Waals surface area contributed by atoms with Gasteiger partial charge in [0, 0.05) is 38.3 Å². The van der Waals surface area contributed by atoms with Gasteiger partial charge in [0.15, 0.2) is 22.1 Å². The fourth-order valence-electron chi connectivity index (χ4n) is 4.42. The first kappa shape index (κ1) is 26.2. The highest BCUT2D eigenvalue weighted by atomic mass is 32.2. The predicted octanol–water partition coefficient (Wildman–Crippen LogP) is 2.27. The van der Waals surface area contributed by atoms with Crippen LogP contribution in [0, 0.1) is 5.92 Å². The van der Waals surface area contributed by atoms with E-state index in [1.807, 2.05) is 12.1 Å². The number of aromatic nitrogens is 6. The molecule has 3 aromatic heterocycles. The van der Waals surface area contributed by atoms with Gasteiger partial charge in [-0.15, -0.1) is 5.10 Å². The largest absolute Gasteiger partial charge is 0.390 e. The number of unbranched alkanes of at least 4 members (excludes halogenated alkanes) is 1. The molecule has 194 valence electrons. The number of hydrogen-bond donors (Lipinski definition) is 3. The first-order chi connectivity index (χ1) is 17.4. The molecule has 4 rings (SSSR count). The minimum absolute atomic E-state index is 0.219. The van der Waals surface area contributed by atoms with Crippen LogP contribution in [0.15, 0.2) is 29.7 Å². The van der Waals surface area contributed by atoms with E-state index in [9.17, 15) is 15.0 Å². The number of nitrogens with one attached hydrogen (secondary N) is 1. The number of hydrogen-bond acceptors (Lipinski definition) is 10. The van der Waals surface area contributed by atoms with Crippen LogP contribution in [0.5, 0.6) is 0 Å². The van der Waals surface area contributed by atoms with Crippen molar-refractivity contribution < 1.29 is 15.0 Å². The van der Waals surface area contributed by atoms with Gasteiger partial charge < -0.3 is 20.4 Å². The van der Waals surface area contributed by atoms with Crippen molar-refractivity contribution in [2.24, 2.45) is 5.92 Å². The zero-order chi connectivity index (χ0) is 25.7. The third kappa shape index (κ3) is 5.60. The molecule has 1 aliphatic rings. The lowest BCUT2D eigenvalue weighted by molar-refractivity contribution is -0.138. The van der Waals surface area contributed by atoms with E-state index in [1.165, 1.54) is 0 Å². The van der Waals surface area contributed by atoms with E-state index in [-0.39, 0.29) is 12.3 Å². The molecule has 1 fully saturated rings. The Labute approximate surface area is 214 Å². The number of anilines is 1. The molecule has 0 aromatic carbocycles. The molecule has 3 heterocycles. The topological polar surface area (TPSA) is 142 Å². The van der Waals surface area contributed by atoms with Crippen molar-refractivity contribution in [3.8, 4) is 0 Å². The second kappa shape index (κ2) is 11.9. The quantitative estimate of drug-likeness (QED) is 0.198. The number of amides is 1. The van der Waals surface area contributed by atoms with E-state index >= 15 is 0 Å². The Balaban J connectivity index is 1.59. The molecule has 0 spiro atoms. The number of aliphatic hydroxyl groups is 2. The van der Waals surface area contributed by atoms with Crippen LogP contribution in [0.4, 0.5) is 5.82 Å². The lowest BCUT2D eigenvalue weighted by Gasteiger charge is -2.23. The molecule has 3 aromatic rings. The Hall–Kier alpha value is -2.83. The molecule has 11 nitrogen and oxygen atoms in total. The highest BCUT2D eigenvalue weighted by Gasteiger charge is 2.48. The summed E-state index contributed by atoms with van der Waals surface area (Å²) in [5, 5.41) is 34.3. The van der Waals surface area contributed by atoms with Crippen LogP contribution in [0.1, 0.15) is 51.1 Å². The monoisotopic (exact) mass is 514 g/mol. The third-order valence-electron chi connectivity index (χ3n) is 6.36. The number of carbonyl (C=O) groups excluding carboxylic acids is 1. The second-order valence-corrected chi connectivity index (χ2v) is 10.2.